The van der Waals surface area contributed by atoms with Crippen molar-refractivity contribution in [2.45, 2.75) is 186 Å². The van der Waals surface area contributed by atoms with Gasteiger partial charge in [-0.25, -0.2) is 4.57 Å². The lowest BCUT2D eigenvalue weighted by Crippen LogP contribution is -2.29. The molecule has 0 spiro atoms. The predicted molar refractivity (Wildman–Crippen MR) is 220 cm³/mol. The quantitative estimate of drug-likeness (QED) is 0.0177. The van der Waals surface area contributed by atoms with Crippen molar-refractivity contribution in [2.24, 2.45) is 17.8 Å². The number of rotatable bonds is 36. The molecule has 57 heavy (non-hydrogen) atoms. The van der Waals surface area contributed by atoms with E-state index in [1.54, 1.807) is 12.2 Å². The van der Waals surface area contributed by atoms with Crippen molar-refractivity contribution in [2.75, 3.05) is 26.4 Å². The number of carbonyl (C=O) groups is 3. The fourth-order valence-corrected chi connectivity index (χ4v) is 7.48. The SMILES string of the molecule is CCCCC[C@H](O)/C=C/[C@H]1[C@H](O)CC(=O)[C@@H]1C/C=C\CCCC(=O)OC[C@H](COP(=O)(O)OC[C@@H](O)CO)OC(=O)CCCCCCCCCCCCCC(C)C. The van der Waals surface area contributed by atoms with Crippen molar-refractivity contribution in [3.8, 4) is 0 Å². The molecule has 0 saturated heterocycles. The second-order valence-corrected chi connectivity index (χ2v) is 17.4. The molecule has 0 radical (unpaired) electrons. The maximum atomic E-state index is 12.6. The van der Waals surface area contributed by atoms with Gasteiger partial charge >= 0.3 is 19.8 Å². The Kier molecular flexibility index (Phi) is 30.6. The molecule has 0 aromatic carbocycles. The monoisotopic (exact) mass is 833 g/mol. The van der Waals surface area contributed by atoms with Crippen molar-refractivity contribution < 1.29 is 62.8 Å². The van der Waals surface area contributed by atoms with E-state index < -0.39 is 70.6 Å². The zero-order chi connectivity index (χ0) is 42.3. The van der Waals surface area contributed by atoms with Crippen LogP contribution in [0.4, 0.5) is 0 Å². The average molecular weight is 833 g/mol. The van der Waals surface area contributed by atoms with E-state index in [0.717, 1.165) is 44.4 Å². The number of Topliss-reactive ketones (excluding diaryl/α,β-unsaturated/α-hetero) is 1. The third-order valence-corrected chi connectivity index (χ3v) is 11.1. The number of carbonyl (C=O) groups excluding carboxylic acids is 3. The Hall–Kier alpha value is -1.96. The van der Waals surface area contributed by atoms with Gasteiger partial charge in [-0.2, -0.15) is 0 Å². The molecule has 1 aliphatic rings. The van der Waals surface area contributed by atoms with Gasteiger partial charge in [-0.3, -0.25) is 23.4 Å². The van der Waals surface area contributed by atoms with Gasteiger partial charge < -0.3 is 34.8 Å². The highest BCUT2D eigenvalue weighted by molar-refractivity contribution is 7.47. The van der Waals surface area contributed by atoms with Crippen LogP contribution in [0.1, 0.15) is 162 Å². The van der Waals surface area contributed by atoms with Gasteiger partial charge in [-0.05, 0) is 38.0 Å². The number of esters is 2. The fourth-order valence-electron chi connectivity index (χ4n) is 6.69. The van der Waals surface area contributed by atoms with Crippen LogP contribution in [0.2, 0.25) is 0 Å². The van der Waals surface area contributed by atoms with E-state index in [-0.39, 0.29) is 36.9 Å². The molecule has 0 amide bonds. The normalized spacial score (nSPS) is 20.0. The maximum absolute atomic E-state index is 12.6. The highest BCUT2D eigenvalue weighted by Crippen LogP contribution is 2.43. The van der Waals surface area contributed by atoms with Gasteiger partial charge in [-0.15, -0.1) is 0 Å². The molecule has 1 unspecified atom stereocenters. The maximum Gasteiger partial charge on any atom is 0.472 e. The Balaban J connectivity index is 2.48. The van der Waals surface area contributed by atoms with Crippen LogP contribution in [0.3, 0.4) is 0 Å². The van der Waals surface area contributed by atoms with Crippen LogP contribution >= 0.6 is 7.82 Å². The van der Waals surface area contributed by atoms with E-state index in [1.807, 2.05) is 12.2 Å². The van der Waals surface area contributed by atoms with Gasteiger partial charge in [0.15, 0.2) is 6.10 Å². The summed E-state index contributed by atoms with van der Waals surface area (Å²) in [5.41, 5.74) is 0. The molecule has 13 nitrogen and oxygen atoms in total. The third-order valence-electron chi connectivity index (χ3n) is 10.2. The number of hydrogen-bond donors (Lipinski definition) is 5. The van der Waals surface area contributed by atoms with Crippen LogP contribution in [0.25, 0.3) is 0 Å². The number of allylic oxidation sites excluding steroid dienone is 2. The van der Waals surface area contributed by atoms with Crippen LogP contribution in [0.5, 0.6) is 0 Å². The number of ether oxygens (including phenoxy) is 2. The molecule has 1 fully saturated rings. The number of aliphatic hydroxyl groups excluding tert-OH is 4. The average Bonchev–Trinajstić information content (AvgIpc) is 3.44. The molecule has 0 bridgehead atoms. The first kappa shape index (κ1) is 53.1. The topological polar surface area (TPSA) is 206 Å². The second kappa shape index (κ2) is 32.8. The number of hydrogen-bond acceptors (Lipinski definition) is 12. The van der Waals surface area contributed by atoms with Crippen molar-refractivity contribution in [3.05, 3.63) is 24.3 Å². The Labute approximate surface area is 342 Å². The lowest BCUT2D eigenvalue weighted by atomic mass is 9.90. The van der Waals surface area contributed by atoms with E-state index in [9.17, 15) is 39.2 Å². The molecular formula is C43H77O13P. The summed E-state index contributed by atoms with van der Waals surface area (Å²) < 4.78 is 32.6. The number of unbranched alkanes of at least 4 members (excludes halogenated alkanes) is 13. The van der Waals surface area contributed by atoms with E-state index >= 15 is 0 Å². The molecule has 7 atom stereocenters. The smallest absolute Gasteiger partial charge is 0.462 e. The summed E-state index contributed by atoms with van der Waals surface area (Å²) in [6.07, 6.45) is 22.3. The van der Waals surface area contributed by atoms with Gasteiger partial charge in [0.25, 0.3) is 0 Å². The highest BCUT2D eigenvalue weighted by Gasteiger charge is 2.39. The molecule has 332 valence electrons. The second-order valence-electron chi connectivity index (χ2n) is 16.0. The zero-order valence-corrected chi connectivity index (χ0v) is 36.1. The van der Waals surface area contributed by atoms with Crippen LogP contribution < -0.4 is 0 Å². The summed E-state index contributed by atoms with van der Waals surface area (Å²) in [7, 11) is -4.68. The molecule has 5 N–H and O–H groups in total. The number of phosphoric acid groups is 1. The summed E-state index contributed by atoms with van der Waals surface area (Å²) >= 11 is 0. The fraction of sp³-hybridized carbons (Fsp3) is 0.837. The molecule has 0 aromatic rings. The molecule has 1 aliphatic carbocycles. The van der Waals surface area contributed by atoms with Crippen molar-refractivity contribution in [1.29, 1.82) is 0 Å². The zero-order valence-electron chi connectivity index (χ0n) is 35.2. The van der Waals surface area contributed by atoms with Crippen LogP contribution in [-0.4, -0.2) is 93.9 Å². The first-order chi connectivity index (χ1) is 27.3. The molecule has 1 rings (SSSR count). The Morgan fingerprint density at radius 3 is 2.04 bits per heavy atom. The standard InChI is InChI=1S/C43H77O13P/c1-4-5-17-23-35(45)27-28-39-38(40(47)29-41(39)48)24-19-15-16-20-25-42(49)53-32-37(33-55-57(51,52)54-31-36(46)30-44)56-43(50)26-21-14-12-10-8-6-7-9-11-13-18-22-34(2)3/h15,19,27-28,34-39,41,44-46,48H,4-14,16-18,20-26,29-33H2,1-3H3,(H,51,52)/b19-15-,28-27+/t35-,36-,37+,38+,39+,41+/m0/s1. The van der Waals surface area contributed by atoms with Gasteiger partial charge in [0.2, 0.25) is 0 Å². The summed E-state index contributed by atoms with van der Waals surface area (Å²) in [5.74, 6) is -1.10. The van der Waals surface area contributed by atoms with Gasteiger partial charge in [0, 0.05) is 31.1 Å². The summed E-state index contributed by atoms with van der Waals surface area (Å²) in [5, 5.41) is 39.0. The Morgan fingerprint density at radius 2 is 1.40 bits per heavy atom. The number of ketones is 1. The minimum atomic E-state index is -4.68. The minimum Gasteiger partial charge on any atom is -0.462 e. The van der Waals surface area contributed by atoms with E-state index in [0.29, 0.717) is 32.1 Å². The first-order valence-electron chi connectivity index (χ1n) is 21.8. The Bertz CT molecular complexity index is 1180. The molecule has 0 aliphatic heterocycles. The molecule has 14 heteroatoms. The summed E-state index contributed by atoms with van der Waals surface area (Å²) in [6.45, 7) is 4.27. The lowest BCUT2D eigenvalue weighted by molar-refractivity contribution is -0.161. The van der Waals surface area contributed by atoms with Crippen LogP contribution in [0, 0.1) is 17.8 Å². The van der Waals surface area contributed by atoms with Crippen LogP contribution in [-0.2, 0) is 37.5 Å². The molecule has 1 saturated carbocycles. The minimum absolute atomic E-state index is 0.0175. The Morgan fingerprint density at radius 1 is 0.807 bits per heavy atom. The summed E-state index contributed by atoms with van der Waals surface area (Å²) in [6, 6.07) is 0. The van der Waals surface area contributed by atoms with Crippen molar-refractivity contribution >= 4 is 25.5 Å². The van der Waals surface area contributed by atoms with Gasteiger partial charge in [0.05, 0.1) is 32.0 Å². The number of aliphatic hydroxyl groups is 4. The van der Waals surface area contributed by atoms with E-state index in [1.165, 1.54) is 51.4 Å². The highest BCUT2D eigenvalue weighted by atomic mass is 31.2. The largest absolute Gasteiger partial charge is 0.472 e. The first-order valence-corrected chi connectivity index (χ1v) is 23.2. The summed E-state index contributed by atoms with van der Waals surface area (Å²) in [4.78, 5) is 47.7. The van der Waals surface area contributed by atoms with Gasteiger partial charge in [-0.1, -0.05) is 135 Å². The van der Waals surface area contributed by atoms with Gasteiger partial charge in [0.1, 0.15) is 18.5 Å². The van der Waals surface area contributed by atoms with E-state index in [2.05, 4.69) is 25.3 Å². The van der Waals surface area contributed by atoms with E-state index in [4.69, 9.17) is 19.1 Å². The predicted octanol–water partition coefficient (Wildman–Crippen LogP) is 7.84. The molecule has 0 heterocycles. The number of phosphoric ester groups is 1. The third kappa shape index (κ3) is 28.2. The molecule has 0 aromatic heterocycles. The van der Waals surface area contributed by atoms with Crippen molar-refractivity contribution in [3.63, 3.8) is 0 Å². The van der Waals surface area contributed by atoms with Crippen molar-refractivity contribution in [1.82, 2.24) is 0 Å². The lowest BCUT2D eigenvalue weighted by Gasteiger charge is -2.20. The van der Waals surface area contributed by atoms with Crippen LogP contribution in [0.15, 0.2) is 24.3 Å². The molecular weight excluding hydrogens is 755 g/mol.